The predicted octanol–water partition coefficient (Wildman–Crippen LogP) is 3.56. The Hall–Kier alpha value is -4.59. The molecule has 3 aromatic carbocycles. The van der Waals surface area contributed by atoms with E-state index in [0.29, 0.717) is 34.9 Å². The molecule has 0 spiro atoms. The Kier molecular flexibility index (Phi) is 7.11. The fourth-order valence-corrected chi connectivity index (χ4v) is 3.59. The van der Waals surface area contributed by atoms with E-state index in [1.807, 2.05) is 30.3 Å². The van der Waals surface area contributed by atoms with Crippen LogP contribution in [-0.2, 0) is 20.7 Å². The van der Waals surface area contributed by atoms with Crippen molar-refractivity contribution < 1.29 is 28.6 Å². The van der Waals surface area contributed by atoms with Gasteiger partial charge in [-0.1, -0.05) is 36.4 Å². The lowest BCUT2D eigenvalue weighted by atomic mass is 10.1. The molecule has 0 aromatic heterocycles. The van der Waals surface area contributed by atoms with Crippen LogP contribution in [0.15, 0.2) is 78.4 Å². The minimum absolute atomic E-state index is 0.0261. The number of nitrogens with one attached hydrogen (secondary N) is 1. The van der Waals surface area contributed by atoms with Crippen molar-refractivity contribution in [1.82, 2.24) is 5.43 Å². The third-order valence-corrected chi connectivity index (χ3v) is 5.43. The summed E-state index contributed by atoms with van der Waals surface area (Å²) in [4.78, 5) is 37.1. The first kappa shape index (κ1) is 23.6. The van der Waals surface area contributed by atoms with Gasteiger partial charge in [-0.3, -0.25) is 15.0 Å². The van der Waals surface area contributed by atoms with Gasteiger partial charge >= 0.3 is 5.97 Å². The Morgan fingerprint density at radius 2 is 1.69 bits per heavy atom. The fraction of sp³-hybridized carbons (Fsp3) is 0.148. The predicted molar refractivity (Wildman–Crippen MR) is 130 cm³/mol. The quantitative estimate of drug-likeness (QED) is 0.306. The number of benzene rings is 3. The van der Waals surface area contributed by atoms with Crippen molar-refractivity contribution in [2.24, 2.45) is 0 Å². The number of methoxy groups -OCH3 is 2. The summed E-state index contributed by atoms with van der Waals surface area (Å²) in [6.07, 6.45) is 2.25. The molecule has 178 valence electrons. The normalized spacial score (nSPS) is 14.1. The van der Waals surface area contributed by atoms with Gasteiger partial charge in [0.25, 0.3) is 11.8 Å². The van der Waals surface area contributed by atoms with Crippen molar-refractivity contribution >= 4 is 29.5 Å². The summed E-state index contributed by atoms with van der Waals surface area (Å²) < 4.78 is 16.0. The molecule has 1 saturated heterocycles. The summed E-state index contributed by atoms with van der Waals surface area (Å²) in [5, 5.41) is 1.13. The number of ether oxygens (including phenoxy) is 3. The van der Waals surface area contributed by atoms with Crippen molar-refractivity contribution in [3.63, 3.8) is 0 Å². The molecule has 1 N–H and O–H groups in total. The van der Waals surface area contributed by atoms with E-state index >= 15 is 0 Å². The molecule has 0 atom stereocenters. The van der Waals surface area contributed by atoms with Crippen LogP contribution in [0, 0.1) is 0 Å². The Morgan fingerprint density at radius 1 is 0.943 bits per heavy atom. The number of hydrogen-bond donors (Lipinski definition) is 1. The van der Waals surface area contributed by atoms with Crippen LogP contribution in [0.1, 0.15) is 21.5 Å². The highest BCUT2D eigenvalue weighted by molar-refractivity contribution is 6.31. The van der Waals surface area contributed by atoms with E-state index in [4.69, 9.17) is 9.47 Å². The molecule has 0 bridgehead atoms. The Balaban J connectivity index is 1.47. The average molecular weight is 472 g/mol. The van der Waals surface area contributed by atoms with Crippen molar-refractivity contribution in [2.45, 2.75) is 6.42 Å². The summed E-state index contributed by atoms with van der Waals surface area (Å²) >= 11 is 0. The Morgan fingerprint density at radius 3 is 2.37 bits per heavy atom. The van der Waals surface area contributed by atoms with Gasteiger partial charge in [-0.25, -0.2) is 9.80 Å². The van der Waals surface area contributed by atoms with E-state index in [2.05, 4.69) is 10.2 Å². The minimum Gasteiger partial charge on any atom is -0.493 e. The summed E-state index contributed by atoms with van der Waals surface area (Å²) in [5.74, 6) is -0.471. The standard InChI is InChI=1S/C27H24N2O6/c1-33-24-17-19(8-13-23(24)35-15-14-18-6-4-3-5-7-18)16-22-25(30)28-29(26(22)31)21-11-9-20(10-12-21)27(32)34-2/h3-13,16-17H,14-15H2,1-2H3,(H,28,30)/b22-16-. The van der Waals surface area contributed by atoms with E-state index in [-0.39, 0.29) is 5.57 Å². The molecule has 35 heavy (non-hydrogen) atoms. The second kappa shape index (κ2) is 10.6. The zero-order chi connectivity index (χ0) is 24.8. The first-order valence-electron chi connectivity index (χ1n) is 10.9. The molecule has 1 fully saturated rings. The van der Waals surface area contributed by atoms with Crippen molar-refractivity contribution in [1.29, 1.82) is 0 Å². The molecule has 8 heteroatoms. The maximum atomic E-state index is 12.9. The van der Waals surface area contributed by atoms with Crippen LogP contribution in [0.2, 0.25) is 0 Å². The molecule has 0 radical (unpaired) electrons. The van der Waals surface area contributed by atoms with E-state index in [9.17, 15) is 14.4 Å². The summed E-state index contributed by atoms with van der Waals surface area (Å²) in [6.45, 7) is 0.478. The van der Waals surface area contributed by atoms with Crippen molar-refractivity contribution in [2.75, 3.05) is 25.8 Å². The van der Waals surface area contributed by atoms with Crippen LogP contribution in [-0.4, -0.2) is 38.6 Å². The third kappa shape index (κ3) is 5.33. The van der Waals surface area contributed by atoms with Gasteiger partial charge in [0.05, 0.1) is 32.1 Å². The third-order valence-electron chi connectivity index (χ3n) is 5.43. The maximum Gasteiger partial charge on any atom is 0.337 e. The van der Waals surface area contributed by atoms with Crippen molar-refractivity contribution in [3.05, 3.63) is 95.1 Å². The van der Waals surface area contributed by atoms with E-state index in [1.54, 1.807) is 30.3 Å². The van der Waals surface area contributed by atoms with E-state index in [0.717, 1.165) is 11.4 Å². The Labute approximate surface area is 202 Å². The lowest BCUT2D eigenvalue weighted by Crippen LogP contribution is -2.35. The first-order valence-corrected chi connectivity index (χ1v) is 10.9. The van der Waals surface area contributed by atoms with Crippen LogP contribution in [0.3, 0.4) is 0 Å². The second-order valence-corrected chi connectivity index (χ2v) is 7.67. The van der Waals surface area contributed by atoms with Crippen molar-refractivity contribution in [3.8, 4) is 11.5 Å². The molecule has 4 rings (SSSR count). The molecule has 1 aliphatic rings. The molecule has 2 amide bonds. The van der Waals surface area contributed by atoms with Gasteiger partial charge in [-0.2, -0.15) is 0 Å². The molecule has 3 aromatic rings. The lowest BCUT2D eigenvalue weighted by molar-refractivity contribution is -0.117. The number of hydrazine groups is 1. The molecular weight excluding hydrogens is 448 g/mol. The molecular formula is C27H24N2O6. The van der Waals surface area contributed by atoms with Crippen LogP contribution < -0.4 is 19.9 Å². The number of anilines is 1. The fourth-order valence-electron chi connectivity index (χ4n) is 3.59. The monoisotopic (exact) mass is 472 g/mol. The first-order chi connectivity index (χ1) is 17.0. The number of carbonyl (C=O) groups is 3. The van der Waals surface area contributed by atoms with Crippen LogP contribution >= 0.6 is 0 Å². The lowest BCUT2D eigenvalue weighted by Gasteiger charge is -2.14. The van der Waals surface area contributed by atoms with E-state index in [1.165, 1.54) is 38.0 Å². The zero-order valence-corrected chi connectivity index (χ0v) is 19.3. The SMILES string of the molecule is COC(=O)c1ccc(N2NC(=O)/C(=C/c3ccc(OCCc4ccccc4)c(OC)c3)C2=O)cc1. The number of hydrogen-bond acceptors (Lipinski definition) is 6. The van der Waals surface area contributed by atoms with Gasteiger partial charge in [0.1, 0.15) is 5.57 Å². The van der Waals surface area contributed by atoms with Crippen LogP contribution in [0.5, 0.6) is 11.5 Å². The Bertz CT molecular complexity index is 1270. The highest BCUT2D eigenvalue weighted by Crippen LogP contribution is 2.30. The van der Waals surface area contributed by atoms with Gasteiger partial charge in [0, 0.05) is 6.42 Å². The number of esters is 1. The van der Waals surface area contributed by atoms with Gasteiger partial charge in [0.2, 0.25) is 0 Å². The minimum atomic E-state index is -0.533. The maximum absolute atomic E-state index is 12.9. The zero-order valence-electron chi connectivity index (χ0n) is 19.3. The van der Waals surface area contributed by atoms with Crippen LogP contribution in [0.25, 0.3) is 6.08 Å². The molecule has 0 unspecified atom stereocenters. The summed E-state index contributed by atoms with van der Waals surface area (Å²) in [6, 6.07) is 21.4. The molecule has 8 nitrogen and oxygen atoms in total. The summed E-state index contributed by atoms with van der Waals surface area (Å²) in [7, 11) is 2.82. The van der Waals surface area contributed by atoms with Crippen LogP contribution in [0.4, 0.5) is 5.69 Å². The molecule has 1 aliphatic heterocycles. The highest BCUT2D eigenvalue weighted by atomic mass is 16.5. The second-order valence-electron chi connectivity index (χ2n) is 7.67. The van der Waals surface area contributed by atoms with Gasteiger partial charge in [-0.05, 0) is 53.6 Å². The molecule has 0 saturated carbocycles. The molecule has 0 aliphatic carbocycles. The highest BCUT2D eigenvalue weighted by Gasteiger charge is 2.34. The molecule has 1 heterocycles. The average Bonchev–Trinajstić information content (AvgIpc) is 3.17. The van der Waals surface area contributed by atoms with Gasteiger partial charge in [0.15, 0.2) is 11.5 Å². The van der Waals surface area contributed by atoms with E-state index < -0.39 is 17.8 Å². The number of rotatable bonds is 8. The summed E-state index contributed by atoms with van der Waals surface area (Å²) in [5.41, 5.74) is 5.05. The number of amides is 2. The van der Waals surface area contributed by atoms with Gasteiger partial charge < -0.3 is 14.2 Å². The number of nitrogens with zero attached hydrogens (tertiary/aromatic N) is 1. The number of carbonyl (C=O) groups excluding carboxylic acids is 3. The largest absolute Gasteiger partial charge is 0.493 e. The topological polar surface area (TPSA) is 94.2 Å². The smallest absolute Gasteiger partial charge is 0.337 e. The van der Waals surface area contributed by atoms with Gasteiger partial charge in [-0.15, -0.1) is 0 Å².